The molecule has 4 heteroatoms. The third kappa shape index (κ3) is 2.81. The van der Waals surface area contributed by atoms with Gasteiger partial charge in [-0.05, 0) is 37.6 Å². The standard InChI is InChI=1S/C14H15ClN2O/c1-9-3-6-12(15)13(7-9)18-14-11(8-16)5-4-10(2)17-14/h3-7H,8,16H2,1-2H3. The number of aromatic nitrogens is 1. The molecular weight excluding hydrogens is 248 g/mol. The van der Waals surface area contributed by atoms with Crippen LogP contribution in [-0.2, 0) is 6.54 Å². The summed E-state index contributed by atoms with van der Waals surface area (Å²) < 4.78 is 5.77. The molecule has 0 radical (unpaired) electrons. The van der Waals surface area contributed by atoms with Crippen LogP contribution in [0.2, 0.25) is 5.02 Å². The van der Waals surface area contributed by atoms with Crippen LogP contribution in [0, 0.1) is 13.8 Å². The summed E-state index contributed by atoms with van der Waals surface area (Å²) >= 11 is 6.10. The minimum atomic E-state index is 0.381. The zero-order valence-electron chi connectivity index (χ0n) is 10.4. The molecule has 1 aromatic heterocycles. The first-order valence-corrected chi connectivity index (χ1v) is 6.08. The molecule has 1 aromatic carbocycles. The van der Waals surface area contributed by atoms with Gasteiger partial charge in [0.05, 0.1) is 5.02 Å². The van der Waals surface area contributed by atoms with Crippen molar-refractivity contribution in [2.45, 2.75) is 20.4 Å². The Hall–Kier alpha value is -1.58. The van der Waals surface area contributed by atoms with Crippen molar-refractivity contribution in [2.75, 3.05) is 0 Å². The fraction of sp³-hybridized carbons (Fsp3) is 0.214. The van der Waals surface area contributed by atoms with Crippen LogP contribution in [0.4, 0.5) is 0 Å². The predicted octanol–water partition coefficient (Wildman–Crippen LogP) is 3.60. The minimum Gasteiger partial charge on any atom is -0.437 e. The number of hydrogen-bond acceptors (Lipinski definition) is 3. The second-order valence-electron chi connectivity index (χ2n) is 4.16. The largest absolute Gasteiger partial charge is 0.437 e. The summed E-state index contributed by atoms with van der Waals surface area (Å²) in [5, 5.41) is 0.562. The molecule has 3 nitrogen and oxygen atoms in total. The van der Waals surface area contributed by atoms with Crippen molar-refractivity contribution in [2.24, 2.45) is 5.73 Å². The number of nitrogens with zero attached hydrogens (tertiary/aromatic N) is 1. The number of pyridine rings is 1. The lowest BCUT2D eigenvalue weighted by molar-refractivity contribution is 0.455. The van der Waals surface area contributed by atoms with E-state index < -0.39 is 0 Å². The number of halogens is 1. The van der Waals surface area contributed by atoms with Crippen LogP contribution in [0.15, 0.2) is 30.3 Å². The number of rotatable bonds is 3. The van der Waals surface area contributed by atoms with Gasteiger partial charge in [0.15, 0.2) is 0 Å². The molecule has 2 rings (SSSR count). The highest BCUT2D eigenvalue weighted by Crippen LogP contribution is 2.30. The van der Waals surface area contributed by atoms with Gasteiger partial charge in [0.1, 0.15) is 5.75 Å². The van der Waals surface area contributed by atoms with Gasteiger partial charge >= 0.3 is 0 Å². The van der Waals surface area contributed by atoms with E-state index in [1.165, 1.54) is 0 Å². The van der Waals surface area contributed by atoms with Gasteiger partial charge in [-0.3, -0.25) is 0 Å². The van der Waals surface area contributed by atoms with Gasteiger partial charge in [0.25, 0.3) is 0 Å². The highest BCUT2D eigenvalue weighted by atomic mass is 35.5. The van der Waals surface area contributed by atoms with Gasteiger partial charge in [-0.15, -0.1) is 0 Å². The molecule has 0 bridgehead atoms. The molecule has 0 spiro atoms. The molecular formula is C14H15ClN2O. The van der Waals surface area contributed by atoms with Gasteiger partial charge in [-0.1, -0.05) is 23.7 Å². The summed E-state index contributed by atoms with van der Waals surface area (Å²) in [5.74, 6) is 1.12. The van der Waals surface area contributed by atoms with E-state index in [2.05, 4.69) is 4.98 Å². The Labute approximate surface area is 112 Å². The Morgan fingerprint density at radius 2 is 2.00 bits per heavy atom. The monoisotopic (exact) mass is 262 g/mol. The lowest BCUT2D eigenvalue weighted by Gasteiger charge is -2.11. The van der Waals surface area contributed by atoms with Gasteiger partial charge in [-0.2, -0.15) is 0 Å². The molecule has 0 saturated heterocycles. The Balaban J connectivity index is 2.38. The third-order valence-electron chi connectivity index (χ3n) is 2.59. The van der Waals surface area contributed by atoms with E-state index in [4.69, 9.17) is 22.1 Å². The van der Waals surface area contributed by atoms with Crippen molar-refractivity contribution in [3.8, 4) is 11.6 Å². The maximum Gasteiger partial charge on any atom is 0.224 e. The van der Waals surface area contributed by atoms with E-state index in [1.807, 2.05) is 44.2 Å². The number of hydrogen-bond donors (Lipinski definition) is 1. The van der Waals surface area contributed by atoms with Crippen LogP contribution in [0.5, 0.6) is 11.6 Å². The maximum atomic E-state index is 6.10. The van der Waals surface area contributed by atoms with Crippen LogP contribution in [0.1, 0.15) is 16.8 Å². The Morgan fingerprint density at radius 3 is 2.72 bits per heavy atom. The van der Waals surface area contributed by atoms with Crippen molar-refractivity contribution in [1.29, 1.82) is 0 Å². The van der Waals surface area contributed by atoms with Crippen molar-refractivity contribution >= 4 is 11.6 Å². The Morgan fingerprint density at radius 1 is 1.22 bits per heavy atom. The molecule has 0 aliphatic rings. The highest BCUT2D eigenvalue weighted by molar-refractivity contribution is 6.32. The zero-order chi connectivity index (χ0) is 13.1. The molecule has 18 heavy (non-hydrogen) atoms. The first-order valence-electron chi connectivity index (χ1n) is 5.70. The van der Waals surface area contributed by atoms with Gasteiger partial charge in [0, 0.05) is 17.8 Å². The lowest BCUT2D eigenvalue weighted by Crippen LogP contribution is -2.02. The van der Waals surface area contributed by atoms with Crippen molar-refractivity contribution in [3.05, 3.63) is 52.2 Å². The van der Waals surface area contributed by atoms with Gasteiger partial charge < -0.3 is 10.5 Å². The fourth-order valence-corrected chi connectivity index (χ4v) is 1.75. The average Bonchev–Trinajstić information content (AvgIpc) is 2.34. The summed E-state index contributed by atoms with van der Waals surface area (Å²) in [6.45, 7) is 4.27. The van der Waals surface area contributed by atoms with Crippen molar-refractivity contribution < 1.29 is 4.74 Å². The van der Waals surface area contributed by atoms with Gasteiger partial charge in [0.2, 0.25) is 5.88 Å². The van der Waals surface area contributed by atoms with E-state index in [0.717, 1.165) is 16.8 Å². The summed E-state index contributed by atoms with van der Waals surface area (Å²) in [6, 6.07) is 9.45. The lowest BCUT2D eigenvalue weighted by atomic mass is 10.2. The molecule has 0 atom stereocenters. The fourth-order valence-electron chi connectivity index (χ4n) is 1.60. The van der Waals surface area contributed by atoms with E-state index in [0.29, 0.717) is 23.2 Å². The molecule has 2 aromatic rings. The molecule has 2 N–H and O–H groups in total. The molecule has 0 saturated carbocycles. The first-order chi connectivity index (χ1) is 8.60. The zero-order valence-corrected chi connectivity index (χ0v) is 11.2. The number of benzene rings is 1. The smallest absolute Gasteiger partial charge is 0.224 e. The molecule has 0 unspecified atom stereocenters. The van der Waals surface area contributed by atoms with Crippen LogP contribution in [0.25, 0.3) is 0 Å². The molecule has 0 aliphatic heterocycles. The van der Waals surface area contributed by atoms with Crippen molar-refractivity contribution in [3.63, 3.8) is 0 Å². The number of ether oxygens (including phenoxy) is 1. The summed E-state index contributed by atoms with van der Waals surface area (Å²) in [6.07, 6.45) is 0. The minimum absolute atomic E-state index is 0.381. The van der Waals surface area contributed by atoms with Crippen LogP contribution >= 0.6 is 11.6 Å². The molecule has 94 valence electrons. The second-order valence-corrected chi connectivity index (χ2v) is 4.56. The van der Waals surface area contributed by atoms with Crippen LogP contribution in [0.3, 0.4) is 0 Å². The van der Waals surface area contributed by atoms with E-state index >= 15 is 0 Å². The quantitative estimate of drug-likeness (QED) is 0.919. The molecule has 0 fully saturated rings. The molecule has 0 amide bonds. The van der Waals surface area contributed by atoms with E-state index in [9.17, 15) is 0 Å². The second kappa shape index (κ2) is 5.38. The Bertz CT molecular complexity index is 570. The normalized spacial score (nSPS) is 10.4. The number of nitrogens with two attached hydrogens (primary N) is 1. The molecule has 0 aliphatic carbocycles. The maximum absolute atomic E-state index is 6.10. The summed E-state index contributed by atoms with van der Waals surface area (Å²) in [5.41, 5.74) is 8.49. The Kier molecular flexibility index (Phi) is 3.84. The average molecular weight is 263 g/mol. The van der Waals surface area contributed by atoms with Crippen LogP contribution < -0.4 is 10.5 Å². The number of aryl methyl sites for hydroxylation is 2. The highest BCUT2D eigenvalue weighted by Gasteiger charge is 2.09. The summed E-state index contributed by atoms with van der Waals surface area (Å²) in [4.78, 5) is 4.35. The predicted molar refractivity (Wildman–Crippen MR) is 73.1 cm³/mol. The molecule has 1 heterocycles. The SMILES string of the molecule is Cc1ccc(Cl)c(Oc2nc(C)ccc2CN)c1. The van der Waals surface area contributed by atoms with Gasteiger partial charge in [-0.25, -0.2) is 4.98 Å². The van der Waals surface area contributed by atoms with Crippen molar-refractivity contribution in [1.82, 2.24) is 4.98 Å². The summed E-state index contributed by atoms with van der Waals surface area (Å²) in [7, 11) is 0. The van der Waals surface area contributed by atoms with Crippen LogP contribution in [-0.4, -0.2) is 4.98 Å². The third-order valence-corrected chi connectivity index (χ3v) is 2.90. The topological polar surface area (TPSA) is 48.1 Å². The van der Waals surface area contributed by atoms with E-state index in [-0.39, 0.29) is 0 Å². The first kappa shape index (κ1) is 12.9. The van der Waals surface area contributed by atoms with E-state index in [1.54, 1.807) is 0 Å².